The molecule has 0 aliphatic heterocycles. The van der Waals surface area contributed by atoms with Gasteiger partial charge >= 0.3 is 5.97 Å². The summed E-state index contributed by atoms with van der Waals surface area (Å²) in [6.45, 7) is 2.21. The van der Waals surface area contributed by atoms with Gasteiger partial charge in [-0.05, 0) is 41.5 Å². The molecule has 3 heteroatoms. The maximum Gasteiger partial charge on any atom is 0.338 e. The fourth-order valence-corrected chi connectivity index (χ4v) is 3.46. The van der Waals surface area contributed by atoms with E-state index in [1.165, 1.54) is 21.2 Å². The third-order valence-corrected chi connectivity index (χ3v) is 4.75. The first-order valence-electron chi connectivity index (χ1n) is 7.64. The highest BCUT2D eigenvalue weighted by atomic mass is 32.2. The second-order valence-corrected chi connectivity index (χ2v) is 6.20. The number of benzene rings is 3. The molecule has 0 amide bonds. The van der Waals surface area contributed by atoms with Gasteiger partial charge in [0, 0.05) is 10.6 Å². The molecule has 3 rings (SSSR count). The van der Waals surface area contributed by atoms with E-state index in [-0.39, 0.29) is 5.97 Å². The Morgan fingerprint density at radius 2 is 1.70 bits per heavy atom. The van der Waals surface area contributed by atoms with E-state index in [2.05, 4.69) is 42.5 Å². The highest BCUT2D eigenvalue weighted by Gasteiger charge is 2.06. The summed E-state index contributed by atoms with van der Waals surface area (Å²) in [5.74, 6) is 0.609. The van der Waals surface area contributed by atoms with Gasteiger partial charge in [-0.3, -0.25) is 0 Å². The Morgan fingerprint density at radius 3 is 2.48 bits per heavy atom. The number of hydrogen-bond acceptors (Lipinski definition) is 3. The Kier molecular flexibility index (Phi) is 4.99. The van der Waals surface area contributed by atoms with Crippen molar-refractivity contribution in [2.75, 3.05) is 6.61 Å². The van der Waals surface area contributed by atoms with E-state index < -0.39 is 0 Å². The summed E-state index contributed by atoms with van der Waals surface area (Å²) < 4.78 is 5.00. The van der Waals surface area contributed by atoms with E-state index in [4.69, 9.17) is 4.74 Å². The number of fused-ring (bicyclic) bond motifs is 1. The van der Waals surface area contributed by atoms with Crippen LogP contribution in [0.5, 0.6) is 0 Å². The van der Waals surface area contributed by atoms with Crippen molar-refractivity contribution in [2.45, 2.75) is 17.6 Å². The molecule has 0 unspecified atom stereocenters. The van der Waals surface area contributed by atoms with E-state index in [9.17, 15) is 4.79 Å². The number of esters is 1. The zero-order chi connectivity index (χ0) is 16.1. The minimum Gasteiger partial charge on any atom is -0.462 e. The smallest absolute Gasteiger partial charge is 0.338 e. The van der Waals surface area contributed by atoms with Crippen molar-refractivity contribution >= 4 is 28.5 Å². The lowest BCUT2D eigenvalue weighted by Gasteiger charge is -2.07. The zero-order valence-corrected chi connectivity index (χ0v) is 13.8. The highest BCUT2D eigenvalue weighted by Crippen LogP contribution is 2.30. The van der Waals surface area contributed by atoms with E-state index in [1.54, 1.807) is 0 Å². The minimum atomic E-state index is -0.263. The first-order chi connectivity index (χ1) is 11.3. The molecule has 0 aromatic heterocycles. The van der Waals surface area contributed by atoms with Crippen molar-refractivity contribution in [2.24, 2.45) is 0 Å². The van der Waals surface area contributed by atoms with Gasteiger partial charge in [-0.25, -0.2) is 4.79 Å². The van der Waals surface area contributed by atoms with Gasteiger partial charge in [-0.1, -0.05) is 48.5 Å². The molecule has 0 fully saturated rings. The molecule has 0 aliphatic carbocycles. The molecule has 0 saturated carbocycles. The van der Waals surface area contributed by atoms with Crippen LogP contribution in [0, 0.1) is 0 Å². The third-order valence-electron chi connectivity index (χ3n) is 3.61. The Bertz CT molecular complexity index is 804. The van der Waals surface area contributed by atoms with E-state index >= 15 is 0 Å². The summed E-state index contributed by atoms with van der Waals surface area (Å²) in [7, 11) is 0. The molecule has 23 heavy (non-hydrogen) atoms. The van der Waals surface area contributed by atoms with Gasteiger partial charge in [0.05, 0.1) is 12.2 Å². The summed E-state index contributed by atoms with van der Waals surface area (Å²) in [5, 5.41) is 2.54. The lowest BCUT2D eigenvalue weighted by molar-refractivity contribution is 0.0526. The van der Waals surface area contributed by atoms with Crippen molar-refractivity contribution in [1.82, 2.24) is 0 Å². The summed E-state index contributed by atoms with van der Waals surface area (Å²) in [6.07, 6.45) is 0. The minimum absolute atomic E-state index is 0.263. The molecule has 3 aromatic carbocycles. The van der Waals surface area contributed by atoms with Crippen molar-refractivity contribution in [3.05, 3.63) is 77.9 Å². The third kappa shape index (κ3) is 3.74. The average molecular weight is 322 g/mol. The molecule has 0 atom stereocenters. The van der Waals surface area contributed by atoms with Gasteiger partial charge < -0.3 is 4.74 Å². The number of thioether (sulfide) groups is 1. The fraction of sp³-hybridized carbons (Fsp3) is 0.150. The topological polar surface area (TPSA) is 26.3 Å². The second-order valence-electron chi connectivity index (χ2n) is 5.18. The van der Waals surface area contributed by atoms with Crippen LogP contribution >= 0.6 is 11.8 Å². The average Bonchev–Trinajstić information content (AvgIpc) is 2.60. The Morgan fingerprint density at radius 1 is 0.957 bits per heavy atom. The normalized spacial score (nSPS) is 10.7. The first kappa shape index (κ1) is 15.6. The second kappa shape index (κ2) is 7.34. The molecule has 0 bridgehead atoms. The predicted octanol–water partition coefficient (Wildman–Crippen LogP) is 5.31. The molecule has 0 radical (unpaired) electrons. The van der Waals surface area contributed by atoms with Crippen molar-refractivity contribution in [3.63, 3.8) is 0 Å². The zero-order valence-electron chi connectivity index (χ0n) is 13.0. The Labute approximate surface area is 140 Å². The molecule has 116 valence electrons. The van der Waals surface area contributed by atoms with Crippen LogP contribution in [-0.4, -0.2) is 12.6 Å². The molecule has 0 saturated heterocycles. The van der Waals surface area contributed by atoms with Gasteiger partial charge in [0.25, 0.3) is 0 Å². The standard InChI is InChI=1S/C20H18O2S/c1-2-22-20(21)17-12-10-15(11-13-17)14-23-19-9-5-7-16-6-3-4-8-18(16)19/h3-13H,2,14H2,1H3. The monoisotopic (exact) mass is 322 g/mol. The highest BCUT2D eigenvalue weighted by molar-refractivity contribution is 7.98. The lowest BCUT2D eigenvalue weighted by Crippen LogP contribution is -2.04. The van der Waals surface area contributed by atoms with Crippen LogP contribution < -0.4 is 0 Å². The summed E-state index contributed by atoms with van der Waals surface area (Å²) in [6, 6.07) is 22.4. The molecular weight excluding hydrogens is 304 g/mol. The van der Waals surface area contributed by atoms with Gasteiger partial charge in [0.1, 0.15) is 0 Å². The van der Waals surface area contributed by atoms with Crippen LogP contribution in [-0.2, 0) is 10.5 Å². The van der Waals surface area contributed by atoms with Crippen molar-refractivity contribution in [1.29, 1.82) is 0 Å². The molecule has 0 aliphatic rings. The summed E-state index contributed by atoms with van der Waals surface area (Å²) >= 11 is 1.81. The largest absolute Gasteiger partial charge is 0.462 e. The Hall–Kier alpha value is -2.26. The first-order valence-corrected chi connectivity index (χ1v) is 8.63. The summed E-state index contributed by atoms with van der Waals surface area (Å²) in [5.41, 5.74) is 1.79. The Balaban J connectivity index is 1.71. The van der Waals surface area contributed by atoms with Crippen molar-refractivity contribution < 1.29 is 9.53 Å². The van der Waals surface area contributed by atoms with Gasteiger partial charge in [-0.2, -0.15) is 0 Å². The van der Waals surface area contributed by atoms with Crippen LogP contribution in [0.1, 0.15) is 22.8 Å². The molecule has 0 heterocycles. The fourth-order valence-electron chi connectivity index (χ4n) is 2.43. The SMILES string of the molecule is CCOC(=O)c1ccc(CSc2cccc3ccccc23)cc1. The number of hydrogen-bond donors (Lipinski definition) is 0. The van der Waals surface area contributed by atoms with Gasteiger partial charge in [-0.15, -0.1) is 11.8 Å². The van der Waals surface area contributed by atoms with Crippen molar-refractivity contribution in [3.8, 4) is 0 Å². The molecule has 2 nitrogen and oxygen atoms in total. The molecule has 3 aromatic rings. The summed E-state index contributed by atoms with van der Waals surface area (Å²) in [4.78, 5) is 12.9. The number of ether oxygens (including phenoxy) is 1. The van der Waals surface area contributed by atoms with Crippen LogP contribution in [0.15, 0.2) is 71.6 Å². The maximum absolute atomic E-state index is 11.7. The quantitative estimate of drug-likeness (QED) is 0.470. The van der Waals surface area contributed by atoms with Gasteiger partial charge in [0.15, 0.2) is 0 Å². The van der Waals surface area contributed by atoms with Crippen LogP contribution in [0.2, 0.25) is 0 Å². The van der Waals surface area contributed by atoms with Crippen LogP contribution in [0.25, 0.3) is 10.8 Å². The predicted molar refractivity (Wildman–Crippen MR) is 95.9 cm³/mol. The van der Waals surface area contributed by atoms with Crippen LogP contribution in [0.3, 0.4) is 0 Å². The number of carbonyl (C=O) groups excluding carboxylic acids is 1. The number of rotatable bonds is 5. The lowest BCUT2D eigenvalue weighted by atomic mass is 10.1. The van der Waals surface area contributed by atoms with Crippen LogP contribution in [0.4, 0.5) is 0 Å². The maximum atomic E-state index is 11.7. The molecule has 0 N–H and O–H groups in total. The van der Waals surface area contributed by atoms with E-state index in [1.807, 2.05) is 43.0 Å². The van der Waals surface area contributed by atoms with E-state index in [0.717, 1.165) is 5.75 Å². The molecule has 0 spiro atoms. The molecular formula is C20H18O2S. The number of carbonyl (C=O) groups is 1. The van der Waals surface area contributed by atoms with Gasteiger partial charge in [0.2, 0.25) is 0 Å². The van der Waals surface area contributed by atoms with E-state index in [0.29, 0.717) is 12.2 Å².